The van der Waals surface area contributed by atoms with E-state index >= 15 is 0 Å². The maximum Gasteiger partial charge on any atom is 0.236 e. The van der Waals surface area contributed by atoms with Crippen LogP contribution in [0.15, 0.2) is 18.2 Å². The molecule has 1 aromatic rings. The number of carbonyl (C=O) groups is 1. The fourth-order valence-electron chi connectivity index (χ4n) is 3.46. The van der Waals surface area contributed by atoms with Gasteiger partial charge in [-0.25, -0.2) is 0 Å². The lowest BCUT2D eigenvalue weighted by Gasteiger charge is -2.22. The maximum atomic E-state index is 12.3. The Kier molecular flexibility index (Phi) is 6.57. The molecule has 2 aliphatic rings. The molecule has 0 spiro atoms. The third-order valence-electron chi connectivity index (χ3n) is 4.86. The number of nitrogens with zero attached hydrogens (tertiary/aromatic N) is 2. The molecule has 1 aromatic carbocycles. The van der Waals surface area contributed by atoms with E-state index in [0.717, 1.165) is 56.8 Å². The zero-order chi connectivity index (χ0) is 17.6. The first-order chi connectivity index (χ1) is 12.2. The van der Waals surface area contributed by atoms with Gasteiger partial charge in [0, 0.05) is 43.4 Å². The molecule has 138 valence electrons. The number of hydrogen-bond donors (Lipinski definition) is 0. The van der Waals surface area contributed by atoms with Gasteiger partial charge in [-0.3, -0.25) is 9.69 Å². The fourth-order valence-corrected chi connectivity index (χ4v) is 3.66. The molecular weight excluding hydrogens is 340 g/mol. The Morgan fingerprint density at radius 2 is 2.20 bits per heavy atom. The van der Waals surface area contributed by atoms with Gasteiger partial charge in [-0.05, 0) is 44.4 Å². The molecule has 2 saturated heterocycles. The smallest absolute Gasteiger partial charge is 0.236 e. The first kappa shape index (κ1) is 18.5. The van der Waals surface area contributed by atoms with Crippen LogP contribution >= 0.6 is 11.6 Å². The van der Waals surface area contributed by atoms with Crippen molar-refractivity contribution in [3.63, 3.8) is 0 Å². The molecule has 0 N–H and O–H groups in total. The molecule has 2 fully saturated rings. The highest BCUT2D eigenvalue weighted by molar-refractivity contribution is 6.30. The van der Waals surface area contributed by atoms with Crippen molar-refractivity contribution < 1.29 is 14.3 Å². The predicted molar refractivity (Wildman–Crippen MR) is 98.1 cm³/mol. The molecule has 2 aliphatic heterocycles. The van der Waals surface area contributed by atoms with Gasteiger partial charge in [-0.15, -0.1) is 0 Å². The third kappa shape index (κ3) is 5.09. The normalized spacial score (nSPS) is 22.2. The van der Waals surface area contributed by atoms with E-state index in [4.69, 9.17) is 21.1 Å². The second-order valence-corrected chi connectivity index (χ2v) is 7.17. The van der Waals surface area contributed by atoms with Crippen LogP contribution in [0.5, 0.6) is 5.75 Å². The van der Waals surface area contributed by atoms with E-state index < -0.39 is 0 Å². The van der Waals surface area contributed by atoms with Crippen molar-refractivity contribution in [1.82, 2.24) is 9.80 Å². The van der Waals surface area contributed by atoms with Gasteiger partial charge in [0.1, 0.15) is 12.4 Å². The van der Waals surface area contributed by atoms with Crippen LogP contribution in [0.1, 0.15) is 31.7 Å². The number of ether oxygens (including phenoxy) is 2. The van der Waals surface area contributed by atoms with Gasteiger partial charge in [0.15, 0.2) is 0 Å². The Hall–Kier alpha value is -1.30. The third-order valence-corrected chi connectivity index (χ3v) is 5.10. The van der Waals surface area contributed by atoms with E-state index in [9.17, 15) is 4.79 Å². The monoisotopic (exact) mass is 366 g/mol. The summed E-state index contributed by atoms with van der Waals surface area (Å²) in [6.07, 6.45) is 3.33. The molecule has 1 amide bonds. The molecule has 0 aromatic heterocycles. The minimum atomic E-state index is 0.182. The average molecular weight is 367 g/mol. The van der Waals surface area contributed by atoms with Crippen LogP contribution in [-0.4, -0.2) is 61.2 Å². The van der Waals surface area contributed by atoms with Crippen LogP contribution in [-0.2, 0) is 16.1 Å². The lowest BCUT2D eigenvalue weighted by Crippen LogP contribution is -2.36. The number of likely N-dealkylation sites (N-methyl/N-ethyl adjacent to an activating group) is 1. The van der Waals surface area contributed by atoms with E-state index in [-0.39, 0.29) is 12.0 Å². The standard InChI is InChI=1S/C19H27ClN2O3/c1-2-22-9-4-8-21(13-19(22)23)12-15-11-16(20)6-7-18(15)25-14-17-5-3-10-24-17/h6-7,11,17H,2-5,8-10,12-14H2,1H3. The highest BCUT2D eigenvalue weighted by Crippen LogP contribution is 2.26. The van der Waals surface area contributed by atoms with Crippen LogP contribution < -0.4 is 4.74 Å². The van der Waals surface area contributed by atoms with Gasteiger partial charge in [-0.1, -0.05) is 11.6 Å². The SMILES string of the molecule is CCN1CCCN(Cc2cc(Cl)ccc2OCC2CCCO2)CC1=O. The number of halogens is 1. The zero-order valence-corrected chi connectivity index (χ0v) is 15.6. The van der Waals surface area contributed by atoms with Crippen LogP contribution in [0, 0.1) is 0 Å². The van der Waals surface area contributed by atoms with Gasteiger partial charge < -0.3 is 14.4 Å². The van der Waals surface area contributed by atoms with Crippen molar-refractivity contribution in [3.05, 3.63) is 28.8 Å². The van der Waals surface area contributed by atoms with Crippen LogP contribution in [0.4, 0.5) is 0 Å². The summed E-state index contributed by atoms with van der Waals surface area (Å²) in [6.45, 7) is 7.06. The number of amides is 1. The first-order valence-corrected chi connectivity index (χ1v) is 9.56. The van der Waals surface area contributed by atoms with Crippen molar-refractivity contribution in [2.75, 3.05) is 39.4 Å². The Bertz CT molecular complexity index is 590. The summed E-state index contributed by atoms with van der Waals surface area (Å²) in [5.41, 5.74) is 1.03. The number of carbonyl (C=O) groups excluding carboxylic acids is 1. The molecule has 0 saturated carbocycles. The molecule has 3 rings (SSSR count). The highest BCUT2D eigenvalue weighted by atomic mass is 35.5. The van der Waals surface area contributed by atoms with Gasteiger partial charge in [0.2, 0.25) is 5.91 Å². The van der Waals surface area contributed by atoms with Gasteiger partial charge in [0.05, 0.1) is 12.6 Å². The summed E-state index contributed by atoms with van der Waals surface area (Å²) >= 11 is 6.19. The Morgan fingerprint density at radius 1 is 1.32 bits per heavy atom. The van der Waals surface area contributed by atoms with Gasteiger partial charge >= 0.3 is 0 Å². The largest absolute Gasteiger partial charge is 0.491 e. The quantitative estimate of drug-likeness (QED) is 0.776. The fraction of sp³-hybridized carbons (Fsp3) is 0.632. The van der Waals surface area contributed by atoms with Crippen LogP contribution in [0.3, 0.4) is 0 Å². The first-order valence-electron chi connectivity index (χ1n) is 9.18. The van der Waals surface area contributed by atoms with Crippen LogP contribution in [0.2, 0.25) is 5.02 Å². The van der Waals surface area contributed by atoms with E-state index in [1.54, 1.807) is 0 Å². The molecule has 0 aliphatic carbocycles. The zero-order valence-electron chi connectivity index (χ0n) is 14.9. The summed E-state index contributed by atoms with van der Waals surface area (Å²) in [4.78, 5) is 16.4. The summed E-state index contributed by atoms with van der Waals surface area (Å²) in [5, 5.41) is 0.691. The number of rotatable bonds is 6. The summed E-state index contributed by atoms with van der Waals surface area (Å²) in [7, 11) is 0. The minimum Gasteiger partial charge on any atom is -0.491 e. The lowest BCUT2D eigenvalue weighted by atomic mass is 10.1. The molecule has 0 radical (unpaired) electrons. The second kappa shape index (κ2) is 8.88. The number of benzene rings is 1. The lowest BCUT2D eigenvalue weighted by molar-refractivity contribution is -0.131. The van der Waals surface area contributed by atoms with E-state index in [0.29, 0.717) is 24.7 Å². The molecule has 0 bridgehead atoms. The molecule has 1 atom stereocenters. The van der Waals surface area contributed by atoms with Gasteiger partial charge in [-0.2, -0.15) is 0 Å². The summed E-state index contributed by atoms with van der Waals surface area (Å²) in [5.74, 6) is 1.03. The Balaban J connectivity index is 1.65. The minimum absolute atomic E-state index is 0.182. The molecule has 5 nitrogen and oxygen atoms in total. The Morgan fingerprint density at radius 3 is 2.96 bits per heavy atom. The van der Waals surface area contributed by atoms with E-state index in [1.165, 1.54) is 0 Å². The highest BCUT2D eigenvalue weighted by Gasteiger charge is 2.22. The number of hydrogen-bond acceptors (Lipinski definition) is 4. The molecular formula is C19H27ClN2O3. The Labute approximate surface area is 154 Å². The van der Waals surface area contributed by atoms with Crippen molar-refractivity contribution in [1.29, 1.82) is 0 Å². The summed E-state index contributed by atoms with van der Waals surface area (Å²) < 4.78 is 11.6. The molecule has 25 heavy (non-hydrogen) atoms. The van der Waals surface area contributed by atoms with Crippen molar-refractivity contribution in [2.45, 2.75) is 38.8 Å². The molecule has 1 unspecified atom stereocenters. The van der Waals surface area contributed by atoms with Gasteiger partial charge in [0.25, 0.3) is 0 Å². The molecule has 2 heterocycles. The van der Waals surface area contributed by atoms with Crippen molar-refractivity contribution in [2.24, 2.45) is 0 Å². The van der Waals surface area contributed by atoms with E-state index in [2.05, 4.69) is 4.90 Å². The second-order valence-electron chi connectivity index (χ2n) is 6.74. The average Bonchev–Trinajstić information content (AvgIpc) is 3.04. The predicted octanol–water partition coefficient (Wildman–Crippen LogP) is 2.95. The molecule has 6 heteroatoms. The maximum absolute atomic E-state index is 12.3. The van der Waals surface area contributed by atoms with Crippen molar-refractivity contribution in [3.8, 4) is 5.75 Å². The van der Waals surface area contributed by atoms with Crippen LogP contribution in [0.25, 0.3) is 0 Å². The van der Waals surface area contributed by atoms with E-state index in [1.807, 2.05) is 30.0 Å². The topological polar surface area (TPSA) is 42.0 Å². The van der Waals surface area contributed by atoms with Crippen molar-refractivity contribution >= 4 is 17.5 Å². The summed E-state index contributed by atoms with van der Waals surface area (Å²) in [6, 6.07) is 5.71.